The highest BCUT2D eigenvalue weighted by atomic mass is 19.4. The third-order valence-corrected chi connectivity index (χ3v) is 4.02. The van der Waals surface area contributed by atoms with Crippen LogP contribution in [0.4, 0.5) is 17.6 Å². The number of nitrogens with zero attached hydrogens (tertiary/aromatic N) is 2. The number of halogens is 4. The second-order valence-electron chi connectivity index (χ2n) is 6.15. The SMILES string of the molecule is O=C(N[C@H](CO)Cc1nc(-c2ccc(C(F)(F)F)cc2)no1)c1ccc(F)cc1. The largest absolute Gasteiger partial charge is 0.416 e. The molecule has 3 aromatic rings. The summed E-state index contributed by atoms with van der Waals surface area (Å²) in [7, 11) is 0. The van der Waals surface area contributed by atoms with Crippen molar-refractivity contribution in [2.75, 3.05) is 6.61 Å². The van der Waals surface area contributed by atoms with Crippen LogP contribution < -0.4 is 5.32 Å². The summed E-state index contributed by atoms with van der Waals surface area (Å²) in [6.45, 7) is -0.426. The van der Waals surface area contributed by atoms with Gasteiger partial charge in [-0.3, -0.25) is 4.79 Å². The maximum absolute atomic E-state index is 12.9. The Hall–Kier alpha value is -3.27. The highest BCUT2D eigenvalue weighted by molar-refractivity contribution is 5.94. The molecule has 1 amide bonds. The van der Waals surface area contributed by atoms with Gasteiger partial charge >= 0.3 is 6.18 Å². The van der Waals surface area contributed by atoms with Gasteiger partial charge in [-0.15, -0.1) is 0 Å². The third-order valence-electron chi connectivity index (χ3n) is 4.02. The molecule has 3 rings (SSSR count). The van der Waals surface area contributed by atoms with Gasteiger partial charge in [0.25, 0.3) is 5.91 Å². The van der Waals surface area contributed by atoms with Gasteiger partial charge in [0.2, 0.25) is 11.7 Å². The number of benzene rings is 2. The molecule has 6 nitrogen and oxygen atoms in total. The molecule has 0 aliphatic rings. The van der Waals surface area contributed by atoms with Crippen LogP contribution in [0.2, 0.25) is 0 Å². The summed E-state index contributed by atoms with van der Waals surface area (Å²) in [6, 6.07) is 8.37. The van der Waals surface area contributed by atoms with Crippen LogP contribution in [-0.4, -0.2) is 33.8 Å². The fraction of sp³-hybridized carbons (Fsp3) is 0.211. The number of aliphatic hydroxyl groups excluding tert-OH is 1. The number of hydrogen-bond acceptors (Lipinski definition) is 5. The molecule has 1 aromatic heterocycles. The van der Waals surface area contributed by atoms with Crippen LogP contribution in [0, 0.1) is 5.82 Å². The second kappa shape index (κ2) is 8.39. The van der Waals surface area contributed by atoms with Crippen LogP contribution in [-0.2, 0) is 12.6 Å². The molecule has 0 bridgehead atoms. The zero-order chi connectivity index (χ0) is 21.0. The normalized spacial score (nSPS) is 12.6. The topological polar surface area (TPSA) is 88.2 Å². The fourth-order valence-corrected chi connectivity index (χ4v) is 2.51. The van der Waals surface area contributed by atoms with Gasteiger partial charge in [0, 0.05) is 17.5 Å². The monoisotopic (exact) mass is 409 g/mol. The number of hydrogen-bond donors (Lipinski definition) is 2. The number of alkyl halides is 3. The standard InChI is InChI=1S/C19H15F4N3O3/c20-14-7-3-12(4-8-14)18(28)24-15(10-27)9-16-25-17(26-29-16)11-1-5-13(6-2-11)19(21,22)23/h1-8,15,27H,9-10H2,(H,24,28)/t15-/m0/s1. The molecule has 0 saturated heterocycles. The molecule has 152 valence electrons. The summed E-state index contributed by atoms with van der Waals surface area (Å²) in [5.74, 6) is -0.845. The summed E-state index contributed by atoms with van der Waals surface area (Å²) in [4.78, 5) is 16.2. The van der Waals surface area contributed by atoms with Crippen LogP contribution in [0.5, 0.6) is 0 Å². The van der Waals surface area contributed by atoms with E-state index in [9.17, 15) is 27.5 Å². The van der Waals surface area contributed by atoms with Crippen LogP contribution in [0.1, 0.15) is 21.8 Å². The smallest absolute Gasteiger partial charge is 0.394 e. The summed E-state index contributed by atoms with van der Waals surface area (Å²) >= 11 is 0. The molecule has 0 radical (unpaired) electrons. The number of rotatable bonds is 6. The number of aliphatic hydroxyl groups is 1. The number of amides is 1. The van der Waals surface area contributed by atoms with Crippen molar-refractivity contribution in [2.45, 2.75) is 18.6 Å². The predicted molar refractivity (Wildman–Crippen MR) is 93.2 cm³/mol. The van der Waals surface area contributed by atoms with Gasteiger partial charge in [0.1, 0.15) is 5.82 Å². The van der Waals surface area contributed by atoms with E-state index < -0.39 is 36.1 Å². The average molecular weight is 409 g/mol. The first-order valence-corrected chi connectivity index (χ1v) is 8.44. The van der Waals surface area contributed by atoms with Gasteiger partial charge in [-0.2, -0.15) is 18.2 Å². The summed E-state index contributed by atoms with van der Waals surface area (Å²) < 4.78 is 55.9. The van der Waals surface area contributed by atoms with E-state index in [-0.39, 0.29) is 23.7 Å². The van der Waals surface area contributed by atoms with Crippen molar-refractivity contribution in [1.82, 2.24) is 15.5 Å². The van der Waals surface area contributed by atoms with Gasteiger partial charge < -0.3 is 14.9 Å². The molecule has 0 aliphatic carbocycles. The zero-order valence-electron chi connectivity index (χ0n) is 14.8. The molecule has 10 heteroatoms. The molecule has 0 spiro atoms. The van der Waals surface area contributed by atoms with Crippen LogP contribution in [0.25, 0.3) is 11.4 Å². The van der Waals surface area contributed by atoms with Crippen molar-refractivity contribution < 1.29 is 32.0 Å². The minimum atomic E-state index is -4.45. The Morgan fingerprint density at radius 2 is 1.76 bits per heavy atom. The maximum atomic E-state index is 12.9. The summed E-state index contributed by atoms with van der Waals surface area (Å²) in [6.07, 6.45) is -4.45. The van der Waals surface area contributed by atoms with Gasteiger partial charge in [-0.1, -0.05) is 17.3 Å². The highest BCUT2D eigenvalue weighted by Crippen LogP contribution is 2.30. The van der Waals surface area contributed by atoms with Crippen molar-refractivity contribution in [3.05, 3.63) is 71.4 Å². The summed E-state index contributed by atoms with van der Waals surface area (Å²) in [5, 5.41) is 15.8. The second-order valence-corrected chi connectivity index (χ2v) is 6.15. The first-order valence-electron chi connectivity index (χ1n) is 8.44. The molecule has 29 heavy (non-hydrogen) atoms. The third kappa shape index (κ3) is 5.17. The molecule has 2 N–H and O–H groups in total. The van der Waals surface area contributed by atoms with Crippen LogP contribution in [0.15, 0.2) is 53.1 Å². The van der Waals surface area contributed by atoms with E-state index in [0.29, 0.717) is 5.56 Å². The fourth-order valence-electron chi connectivity index (χ4n) is 2.51. The first kappa shape index (κ1) is 20.5. The lowest BCUT2D eigenvalue weighted by atomic mass is 10.1. The molecule has 0 aliphatic heterocycles. The van der Waals surface area contributed by atoms with Crippen molar-refractivity contribution in [3.63, 3.8) is 0 Å². The molecule has 1 atom stereocenters. The Labute approximate surface area is 162 Å². The van der Waals surface area contributed by atoms with Gasteiger partial charge in [-0.25, -0.2) is 4.39 Å². The lowest BCUT2D eigenvalue weighted by Crippen LogP contribution is -2.39. The van der Waals surface area contributed by atoms with Gasteiger partial charge in [-0.05, 0) is 36.4 Å². The molecule has 0 unspecified atom stereocenters. The Morgan fingerprint density at radius 1 is 1.10 bits per heavy atom. The van der Waals surface area contributed by atoms with E-state index in [1.807, 2.05) is 0 Å². The van der Waals surface area contributed by atoms with Crippen molar-refractivity contribution in [1.29, 1.82) is 0 Å². The lowest BCUT2D eigenvalue weighted by molar-refractivity contribution is -0.137. The highest BCUT2D eigenvalue weighted by Gasteiger charge is 2.30. The number of carbonyl (C=O) groups excluding carboxylic acids is 1. The molecule has 2 aromatic carbocycles. The predicted octanol–water partition coefficient (Wildman–Crippen LogP) is 3.23. The Balaban J connectivity index is 1.66. The molecular formula is C19H15F4N3O3. The molecule has 0 saturated carbocycles. The van der Waals surface area contributed by atoms with Gasteiger partial charge in [0.05, 0.1) is 18.2 Å². The van der Waals surface area contributed by atoms with E-state index in [4.69, 9.17) is 4.52 Å². The van der Waals surface area contributed by atoms with Crippen LogP contribution in [0.3, 0.4) is 0 Å². The minimum absolute atomic E-state index is 0.00291. The Bertz CT molecular complexity index is 970. The number of nitrogens with one attached hydrogen (secondary N) is 1. The zero-order valence-corrected chi connectivity index (χ0v) is 14.8. The molecule has 1 heterocycles. The van der Waals surface area contributed by atoms with E-state index in [0.717, 1.165) is 24.3 Å². The summed E-state index contributed by atoms with van der Waals surface area (Å²) in [5.41, 5.74) is -0.265. The van der Waals surface area contributed by atoms with Crippen LogP contribution >= 0.6 is 0 Å². The first-order chi connectivity index (χ1) is 13.8. The molecular weight excluding hydrogens is 394 g/mol. The van der Waals surface area contributed by atoms with E-state index in [1.165, 1.54) is 24.3 Å². The number of aromatic nitrogens is 2. The average Bonchev–Trinajstić information content (AvgIpc) is 3.16. The molecule has 0 fully saturated rings. The van der Waals surface area contributed by atoms with E-state index in [1.54, 1.807) is 0 Å². The van der Waals surface area contributed by atoms with E-state index in [2.05, 4.69) is 15.5 Å². The Morgan fingerprint density at radius 3 is 2.34 bits per heavy atom. The quantitative estimate of drug-likeness (QED) is 0.611. The Kier molecular flexibility index (Phi) is 5.92. The van der Waals surface area contributed by atoms with Crippen molar-refractivity contribution in [3.8, 4) is 11.4 Å². The van der Waals surface area contributed by atoms with Crippen molar-refractivity contribution >= 4 is 5.91 Å². The maximum Gasteiger partial charge on any atom is 0.416 e. The van der Waals surface area contributed by atoms with Gasteiger partial charge in [0.15, 0.2) is 0 Å². The lowest BCUT2D eigenvalue weighted by Gasteiger charge is -2.14. The number of carbonyl (C=O) groups is 1. The van der Waals surface area contributed by atoms with E-state index >= 15 is 0 Å². The van der Waals surface area contributed by atoms with Crippen molar-refractivity contribution in [2.24, 2.45) is 0 Å². The minimum Gasteiger partial charge on any atom is -0.394 e.